The Kier molecular flexibility index (Phi) is 6.44. The van der Waals surface area contributed by atoms with Crippen molar-refractivity contribution < 1.29 is 19.1 Å². The summed E-state index contributed by atoms with van der Waals surface area (Å²) in [5.74, 6) is 0.580. The van der Waals surface area contributed by atoms with Crippen LogP contribution in [0.1, 0.15) is 49.9 Å². The summed E-state index contributed by atoms with van der Waals surface area (Å²) in [6.45, 7) is 3.87. The summed E-state index contributed by atoms with van der Waals surface area (Å²) in [6, 6.07) is 5.55. The average Bonchev–Trinajstić information content (AvgIpc) is 3.03. The Morgan fingerprint density at radius 2 is 1.61 bits per heavy atom. The molecule has 0 spiro atoms. The zero-order chi connectivity index (χ0) is 20.3. The lowest BCUT2D eigenvalue weighted by Gasteiger charge is -2.31. The largest absolute Gasteiger partial charge is 0.497 e. The Labute approximate surface area is 166 Å². The van der Waals surface area contributed by atoms with Crippen LogP contribution in [0.25, 0.3) is 0 Å². The first-order valence-electron chi connectivity index (χ1n) is 10.00. The molecule has 3 N–H and O–H groups in total. The van der Waals surface area contributed by atoms with E-state index in [1.54, 1.807) is 18.2 Å². The van der Waals surface area contributed by atoms with Crippen molar-refractivity contribution in [3.63, 3.8) is 0 Å². The molecule has 2 aliphatic rings. The maximum atomic E-state index is 12.9. The van der Waals surface area contributed by atoms with E-state index in [9.17, 15) is 9.59 Å². The van der Waals surface area contributed by atoms with Gasteiger partial charge in [0.15, 0.2) is 0 Å². The van der Waals surface area contributed by atoms with Crippen LogP contribution in [0.3, 0.4) is 0 Å². The molecule has 3 unspecified atom stereocenters. The van der Waals surface area contributed by atoms with Gasteiger partial charge in [-0.2, -0.15) is 0 Å². The minimum atomic E-state index is -0.600. The van der Waals surface area contributed by atoms with E-state index in [0.717, 1.165) is 12.8 Å². The number of rotatable bonds is 7. The Balaban J connectivity index is 1.67. The smallest absolute Gasteiger partial charge is 0.252 e. The molecular formula is C21H31N3O4. The zero-order valence-corrected chi connectivity index (χ0v) is 17.1. The third kappa shape index (κ3) is 4.76. The van der Waals surface area contributed by atoms with E-state index in [4.69, 9.17) is 9.47 Å². The lowest BCUT2D eigenvalue weighted by Crippen LogP contribution is -2.55. The summed E-state index contributed by atoms with van der Waals surface area (Å²) in [5, 5.41) is 9.62. The summed E-state index contributed by atoms with van der Waals surface area (Å²) < 4.78 is 10.5. The Morgan fingerprint density at radius 3 is 2.11 bits per heavy atom. The fourth-order valence-corrected chi connectivity index (χ4v) is 4.16. The molecule has 28 heavy (non-hydrogen) atoms. The molecule has 3 rings (SSSR count). The van der Waals surface area contributed by atoms with Crippen LogP contribution in [-0.2, 0) is 4.79 Å². The molecule has 1 aromatic carbocycles. The van der Waals surface area contributed by atoms with Crippen LogP contribution < -0.4 is 25.4 Å². The van der Waals surface area contributed by atoms with Crippen molar-refractivity contribution in [2.45, 2.75) is 63.7 Å². The van der Waals surface area contributed by atoms with Crippen LogP contribution in [0.4, 0.5) is 0 Å². The van der Waals surface area contributed by atoms with E-state index < -0.39 is 6.04 Å². The van der Waals surface area contributed by atoms with Gasteiger partial charge in [-0.3, -0.25) is 9.59 Å². The average molecular weight is 389 g/mol. The Hall–Kier alpha value is -2.28. The van der Waals surface area contributed by atoms with Gasteiger partial charge in [0.05, 0.1) is 14.2 Å². The fourth-order valence-electron chi connectivity index (χ4n) is 4.16. The lowest BCUT2D eigenvalue weighted by atomic mass is 9.97. The first-order valence-corrected chi connectivity index (χ1v) is 10.00. The number of carbonyl (C=O) groups is 2. The molecule has 7 heteroatoms. The van der Waals surface area contributed by atoms with Gasteiger partial charge in [-0.05, 0) is 43.7 Å². The van der Waals surface area contributed by atoms with Gasteiger partial charge in [0.1, 0.15) is 17.5 Å². The quantitative estimate of drug-likeness (QED) is 0.662. The maximum absolute atomic E-state index is 12.9. The molecule has 0 radical (unpaired) electrons. The molecule has 2 saturated heterocycles. The standard InChI is InChI=1S/C21H31N3O4/c1-12(2)19(21(26)23-16-9-14-5-6-15(10-16)22-14)24-20(25)13-7-17(27-3)11-18(8-13)28-4/h7-8,11-12,14-16,19,22H,5-6,9-10H2,1-4H3,(H,23,26)(H,24,25). The van der Waals surface area contributed by atoms with Crippen LogP contribution in [-0.4, -0.2) is 50.2 Å². The predicted octanol–water partition coefficient (Wildman–Crippen LogP) is 1.86. The molecule has 7 nitrogen and oxygen atoms in total. The highest BCUT2D eigenvalue weighted by molar-refractivity contribution is 5.98. The fraction of sp³-hybridized carbons (Fsp3) is 0.619. The normalized spacial score (nSPS) is 24.5. The summed E-state index contributed by atoms with van der Waals surface area (Å²) >= 11 is 0. The van der Waals surface area contributed by atoms with E-state index in [2.05, 4.69) is 16.0 Å². The second-order valence-corrected chi connectivity index (χ2v) is 8.11. The summed E-state index contributed by atoms with van der Waals surface area (Å²) in [5.41, 5.74) is 0.398. The zero-order valence-electron chi connectivity index (χ0n) is 17.1. The highest BCUT2D eigenvalue weighted by Crippen LogP contribution is 2.27. The van der Waals surface area contributed by atoms with Gasteiger partial charge in [-0.25, -0.2) is 0 Å². The SMILES string of the molecule is COc1cc(OC)cc(C(=O)NC(C(=O)NC2CC3CCC(C2)N3)C(C)C)c1. The van der Waals surface area contributed by atoms with Gasteiger partial charge in [0.25, 0.3) is 5.91 Å². The van der Waals surface area contributed by atoms with Crippen LogP contribution in [0.2, 0.25) is 0 Å². The predicted molar refractivity (Wildman–Crippen MR) is 107 cm³/mol. The minimum absolute atomic E-state index is 0.0325. The van der Waals surface area contributed by atoms with Crippen LogP contribution in [0.15, 0.2) is 18.2 Å². The van der Waals surface area contributed by atoms with Crippen molar-refractivity contribution >= 4 is 11.8 Å². The summed E-state index contributed by atoms with van der Waals surface area (Å²) in [7, 11) is 3.07. The van der Waals surface area contributed by atoms with Gasteiger partial charge >= 0.3 is 0 Å². The molecule has 0 aromatic heterocycles. The highest BCUT2D eigenvalue weighted by Gasteiger charge is 2.35. The molecule has 1 aromatic rings. The van der Waals surface area contributed by atoms with E-state index in [0.29, 0.717) is 29.1 Å². The monoisotopic (exact) mass is 389 g/mol. The second-order valence-electron chi connectivity index (χ2n) is 8.11. The third-order valence-corrected chi connectivity index (χ3v) is 5.67. The van der Waals surface area contributed by atoms with Crippen LogP contribution >= 0.6 is 0 Å². The molecule has 0 saturated carbocycles. The summed E-state index contributed by atoms with van der Waals surface area (Å²) in [6.07, 6.45) is 4.26. The summed E-state index contributed by atoms with van der Waals surface area (Å²) in [4.78, 5) is 25.7. The van der Waals surface area contributed by atoms with E-state index in [1.807, 2.05) is 13.8 Å². The van der Waals surface area contributed by atoms with Gasteiger partial charge in [-0.15, -0.1) is 0 Å². The number of hydrogen-bond acceptors (Lipinski definition) is 5. The van der Waals surface area contributed by atoms with E-state index >= 15 is 0 Å². The number of benzene rings is 1. The molecule has 2 aliphatic heterocycles. The third-order valence-electron chi connectivity index (χ3n) is 5.67. The van der Waals surface area contributed by atoms with Gasteiger partial charge in [0.2, 0.25) is 5.91 Å². The molecule has 2 fully saturated rings. The van der Waals surface area contributed by atoms with Crippen LogP contribution in [0.5, 0.6) is 11.5 Å². The number of amides is 2. The minimum Gasteiger partial charge on any atom is -0.497 e. The molecule has 2 heterocycles. The Morgan fingerprint density at radius 1 is 1.04 bits per heavy atom. The molecule has 3 atom stereocenters. The van der Waals surface area contributed by atoms with E-state index in [1.165, 1.54) is 27.1 Å². The van der Waals surface area contributed by atoms with Gasteiger partial charge in [-0.1, -0.05) is 13.8 Å². The number of piperidine rings is 1. The number of ether oxygens (including phenoxy) is 2. The number of fused-ring (bicyclic) bond motifs is 2. The van der Waals surface area contributed by atoms with Gasteiger partial charge in [0, 0.05) is 29.8 Å². The lowest BCUT2D eigenvalue weighted by molar-refractivity contribution is -0.124. The topological polar surface area (TPSA) is 88.7 Å². The number of carbonyl (C=O) groups excluding carboxylic acids is 2. The van der Waals surface area contributed by atoms with Crippen LogP contribution in [0, 0.1) is 5.92 Å². The number of hydrogen-bond donors (Lipinski definition) is 3. The Bertz CT molecular complexity index is 687. The van der Waals surface area contributed by atoms with Crippen molar-refractivity contribution in [1.29, 1.82) is 0 Å². The molecule has 154 valence electrons. The number of methoxy groups -OCH3 is 2. The molecule has 2 bridgehead atoms. The molecule has 2 amide bonds. The van der Waals surface area contributed by atoms with Crippen molar-refractivity contribution in [1.82, 2.24) is 16.0 Å². The van der Waals surface area contributed by atoms with E-state index in [-0.39, 0.29) is 23.8 Å². The van der Waals surface area contributed by atoms with Crippen molar-refractivity contribution in [2.75, 3.05) is 14.2 Å². The molecule has 0 aliphatic carbocycles. The highest BCUT2D eigenvalue weighted by atomic mass is 16.5. The first-order chi connectivity index (χ1) is 13.4. The first kappa shape index (κ1) is 20.5. The molecular weight excluding hydrogens is 358 g/mol. The number of nitrogens with one attached hydrogen (secondary N) is 3. The van der Waals surface area contributed by atoms with Crippen molar-refractivity contribution in [3.05, 3.63) is 23.8 Å². The van der Waals surface area contributed by atoms with Crippen molar-refractivity contribution in [3.8, 4) is 11.5 Å². The van der Waals surface area contributed by atoms with Gasteiger partial charge < -0.3 is 25.4 Å². The second kappa shape index (κ2) is 8.82. The van der Waals surface area contributed by atoms with Crippen molar-refractivity contribution in [2.24, 2.45) is 5.92 Å². The maximum Gasteiger partial charge on any atom is 0.252 e.